The molecule has 3 aromatic rings. The first kappa shape index (κ1) is 27.2. The zero-order chi connectivity index (χ0) is 26.3. The van der Waals surface area contributed by atoms with Crippen molar-refractivity contribution >= 4 is 33.3 Å². The minimum absolute atomic E-state index is 0.0524. The highest BCUT2D eigenvalue weighted by molar-refractivity contribution is 7.93. The second-order valence-electron chi connectivity index (χ2n) is 8.41. The van der Waals surface area contributed by atoms with Crippen LogP contribution in [0.4, 0.5) is 5.69 Å². The van der Waals surface area contributed by atoms with E-state index in [4.69, 9.17) is 21.9 Å². The van der Waals surface area contributed by atoms with E-state index in [0.29, 0.717) is 31.0 Å². The van der Waals surface area contributed by atoms with E-state index >= 15 is 0 Å². The Bertz CT molecular complexity index is 1330. The van der Waals surface area contributed by atoms with Gasteiger partial charge >= 0.3 is 5.97 Å². The maximum Gasteiger partial charge on any atom is 0.305 e. The number of hydrogen-bond acceptors (Lipinski definition) is 6. The third-order valence-corrected chi connectivity index (χ3v) is 7.92. The van der Waals surface area contributed by atoms with Crippen molar-refractivity contribution in [3.8, 4) is 5.75 Å². The summed E-state index contributed by atoms with van der Waals surface area (Å²) < 4.78 is 34.4. The fourth-order valence-corrected chi connectivity index (χ4v) is 5.99. The van der Waals surface area contributed by atoms with Crippen molar-refractivity contribution in [2.24, 2.45) is 5.11 Å². The molecule has 36 heavy (non-hydrogen) atoms. The van der Waals surface area contributed by atoms with Crippen LogP contribution in [0.25, 0.3) is 0 Å². The quantitative estimate of drug-likeness (QED) is 0.285. The van der Waals surface area contributed by atoms with Gasteiger partial charge in [0.05, 0.1) is 36.3 Å². The van der Waals surface area contributed by atoms with Gasteiger partial charge in [-0.25, -0.2) is 13.9 Å². The summed E-state index contributed by atoms with van der Waals surface area (Å²) in [6, 6.07) is 18.0. The summed E-state index contributed by atoms with van der Waals surface area (Å²) in [7, 11) is -4.17. The van der Waals surface area contributed by atoms with E-state index in [2.05, 4.69) is 5.11 Å². The van der Waals surface area contributed by atoms with Crippen molar-refractivity contribution in [2.75, 3.05) is 10.9 Å². The number of ether oxygens (including phenoxy) is 1. The lowest BCUT2D eigenvalue weighted by Gasteiger charge is -2.30. The lowest BCUT2D eigenvalue weighted by atomic mass is 10.1. The van der Waals surface area contributed by atoms with Crippen LogP contribution in [0, 0.1) is 12.5 Å². The minimum atomic E-state index is -4.17. The highest BCUT2D eigenvalue weighted by Gasteiger charge is 2.32. The largest absolute Gasteiger partial charge is 0.493 e. The Kier molecular flexibility index (Phi) is 9.06. The van der Waals surface area contributed by atoms with Gasteiger partial charge in [0, 0.05) is 12.5 Å². The summed E-state index contributed by atoms with van der Waals surface area (Å²) in [6.07, 6.45) is 0.232. The van der Waals surface area contributed by atoms with Crippen molar-refractivity contribution in [2.45, 2.75) is 44.2 Å². The van der Waals surface area contributed by atoms with Crippen LogP contribution in [0.2, 0.25) is 5.02 Å². The Hall–Kier alpha value is -3.43. The molecule has 1 unspecified atom stereocenters. The first-order chi connectivity index (χ1) is 17.1. The first-order valence-electron chi connectivity index (χ1n) is 11.3. The lowest BCUT2D eigenvalue weighted by molar-refractivity contribution is -0.137. The Morgan fingerprint density at radius 2 is 1.78 bits per heavy atom. The zero-order valence-electron chi connectivity index (χ0n) is 20.0. The molecule has 8 nitrogen and oxygen atoms in total. The molecule has 0 aliphatic carbocycles. The number of nitrogens with zero attached hydrogens (tertiary/aromatic N) is 2. The number of hydrogen-bond donors (Lipinski definition) is 2. The highest BCUT2D eigenvalue weighted by Crippen LogP contribution is 2.33. The maximum absolute atomic E-state index is 13.7. The number of aliphatic carboxylic acids is 1. The number of halogens is 1. The topological polar surface area (TPSA) is 120 Å². The first-order valence-corrected chi connectivity index (χ1v) is 13.1. The van der Waals surface area contributed by atoms with Crippen molar-refractivity contribution < 1.29 is 23.1 Å². The molecule has 0 heterocycles. The lowest BCUT2D eigenvalue weighted by Crippen LogP contribution is -2.40. The van der Waals surface area contributed by atoms with Crippen LogP contribution in [-0.4, -0.2) is 32.1 Å². The molecule has 0 saturated heterocycles. The van der Waals surface area contributed by atoms with E-state index in [1.807, 2.05) is 31.2 Å². The van der Waals surface area contributed by atoms with Crippen LogP contribution in [-0.2, 0) is 27.8 Å². The van der Waals surface area contributed by atoms with Gasteiger partial charge in [-0.2, -0.15) is 5.11 Å². The van der Waals surface area contributed by atoms with Gasteiger partial charge in [0.15, 0.2) is 0 Å². The number of carboxylic acids is 1. The zero-order valence-corrected chi connectivity index (χ0v) is 21.6. The predicted octanol–water partition coefficient (Wildman–Crippen LogP) is 5.86. The average Bonchev–Trinajstić information content (AvgIpc) is 2.80. The van der Waals surface area contributed by atoms with Crippen LogP contribution >= 0.6 is 11.6 Å². The molecule has 1 atom stereocenters. The van der Waals surface area contributed by atoms with Crippen LogP contribution in [0.3, 0.4) is 0 Å². The van der Waals surface area contributed by atoms with Crippen molar-refractivity contribution in [3.05, 3.63) is 88.4 Å². The van der Waals surface area contributed by atoms with Gasteiger partial charge in [-0.3, -0.25) is 9.10 Å². The summed E-state index contributed by atoms with van der Waals surface area (Å²) >= 11 is 6.21. The molecule has 0 aliphatic rings. The summed E-state index contributed by atoms with van der Waals surface area (Å²) in [5.41, 5.74) is 10.0. The van der Waals surface area contributed by atoms with Gasteiger partial charge in [0.2, 0.25) is 0 Å². The van der Waals surface area contributed by atoms with Gasteiger partial charge in [-0.05, 0) is 54.8 Å². The van der Waals surface area contributed by atoms with E-state index in [9.17, 15) is 18.3 Å². The Morgan fingerprint density at radius 3 is 2.42 bits per heavy atom. The minimum Gasteiger partial charge on any atom is -0.493 e. The Labute approximate surface area is 216 Å². The molecule has 0 radical (unpaired) electrons. The molecule has 2 N–H and O–H groups in total. The number of aryl methyl sites for hydroxylation is 1. The fourth-order valence-electron chi connectivity index (χ4n) is 3.85. The predicted molar refractivity (Wildman–Crippen MR) is 139 cm³/mol. The number of nitrogens with one attached hydrogen (secondary N) is 1. The van der Waals surface area contributed by atoms with E-state index in [0.717, 1.165) is 21.0 Å². The van der Waals surface area contributed by atoms with Gasteiger partial charge in [-0.15, -0.1) is 0 Å². The van der Waals surface area contributed by atoms with Gasteiger partial charge in [0.1, 0.15) is 10.6 Å². The number of benzene rings is 3. The number of carboxylic acid groups (broad SMARTS) is 1. The molecule has 190 valence electrons. The number of carbonyl (C=O) groups is 1. The average molecular weight is 530 g/mol. The van der Waals surface area contributed by atoms with Crippen molar-refractivity contribution in [1.82, 2.24) is 0 Å². The van der Waals surface area contributed by atoms with Crippen LogP contribution in [0.15, 0.2) is 76.7 Å². The second-order valence-corrected chi connectivity index (χ2v) is 10.6. The number of sulfonamides is 1. The van der Waals surface area contributed by atoms with Gasteiger partial charge in [0.25, 0.3) is 10.0 Å². The van der Waals surface area contributed by atoms with Crippen LogP contribution in [0.5, 0.6) is 5.75 Å². The molecule has 0 aromatic heterocycles. The summed E-state index contributed by atoms with van der Waals surface area (Å²) in [6.45, 7) is 4.06. The Morgan fingerprint density at radius 1 is 1.11 bits per heavy atom. The SMILES string of the molecule is Cc1cc(OCCc2ccc(CN=N)cc2)cc(N(C(C)CC(=O)O)S(=O)(=O)c2ccccc2Cl)c1. The molecular weight excluding hydrogens is 502 g/mol. The molecule has 0 spiro atoms. The normalized spacial score (nSPS) is 12.1. The molecule has 0 fully saturated rings. The second kappa shape index (κ2) is 12.0. The molecule has 3 aromatic carbocycles. The molecule has 3 rings (SSSR count). The number of anilines is 1. The van der Waals surface area contributed by atoms with Crippen LogP contribution < -0.4 is 9.04 Å². The maximum atomic E-state index is 13.7. The summed E-state index contributed by atoms with van der Waals surface area (Å²) in [5, 5.41) is 12.8. The van der Waals surface area contributed by atoms with Gasteiger partial charge in [-0.1, -0.05) is 48.0 Å². The highest BCUT2D eigenvalue weighted by atomic mass is 35.5. The number of rotatable bonds is 12. The smallest absolute Gasteiger partial charge is 0.305 e. The molecule has 10 heteroatoms. The Balaban J connectivity index is 1.88. The van der Waals surface area contributed by atoms with Crippen molar-refractivity contribution in [3.63, 3.8) is 0 Å². The third-order valence-electron chi connectivity index (χ3n) is 5.48. The van der Waals surface area contributed by atoms with Crippen LogP contribution in [0.1, 0.15) is 30.0 Å². The summed E-state index contributed by atoms with van der Waals surface area (Å²) in [4.78, 5) is 11.4. The van der Waals surface area contributed by atoms with E-state index in [-0.39, 0.29) is 9.92 Å². The molecule has 0 saturated carbocycles. The van der Waals surface area contributed by atoms with E-state index < -0.39 is 28.5 Å². The standard InChI is InChI=1S/C26H28ClN3O5S/c1-18-13-22(16-23(14-18)35-12-11-20-7-9-21(10-8-20)17-29-28)30(19(2)15-26(31)32)36(33,34)25-6-4-3-5-24(25)27/h3-10,13-14,16,19,28H,11-12,15,17H2,1-2H3,(H,31,32). The van der Waals surface area contributed by atoms with E-state index in [1.165, 1.54) is 12.1 Å². The van der Waals surface area contributed by atoms with Crippen molar-refractivity contribution in [1.29, 1.82) is 5.53 Å². The molecule has 0 aliphatic heterocycles. The summed E-state index contributed by atoms with van der Waals surface area (Å²) in [5.74, 6) is -0.648. The molecule has 0 bridgehead atoms. The monoisotopic (exact) mass is 529 g/mol. The molecular formula is C26H28ClN3O5S. The van der Waals surface area contributed by atoms with E-state index in [1.54, 1.807) is 37.3 Å². The van der Waals surface area contributed by atoms with Gasteiger partial charge < -0.3 is 9.84 Å². The fraction of sp³-hybridized carbons (Fsp3) is 0.269. The molecule has 0 amide bonds. The third kappa shape index (κ3) is 6.83.